The molecular formula is C18H27N3O4S. The molecular weight excluding hydrogens is 354 g/mol. The van der Waals surface area contributed by atoms with Gasteiger partial charge in [-0.3, -0.25) is 4.79 Å². The maximum absolute atomic E-state index is 12.9. The predicted molar refractivity (Wildman–Crippen MR) is 98.5 cm³/mol. The second-order valence-electron chi connectivity index (χ2n) is 7.01. The minimum Gasteiger partial charge on any atom is -0.381 e. The summed E-state index contributed by atoms with van der Waals surface area (Å²) in [5.74, 6) is 0.184. The van der Waals surface area contributed by atoms with Crippen molar-refractivity contribution in [2.24, 2.45) is 5.92 Å². The highest BCUT2D eigenvalue weighted by atomic mass is 32.2. The smallest absolute Gasteiger partial charge is 0.251 e. The number of ether oxygens (including phenoxy) is 1. The van der Waals surface area contributed by atoms with Crippen LogP contribution in [0.5, 0.6) is 0 Å². The van der Waals surface area contributed by atoms with Crippen molar-refractivity contribution in [2.75, 3.05) is 39.4 Å². The molecule has 2 aliphatic rings. The molecule has 2 heterocycles. The molecule has 1 aromatic carbocycles. The molecule has 2 fully saturated rings. The van der Waals surface area contributed by atoms with Crippen LogP contribution in [0.25, 0.3) is 0 Å². The number of carbonyl (C=O) groups excluding carboxylic acids is 1. The summed E-state index contributed by atoms with van der Waals surface area (Å²) in [6, 6.07) is 6.42. The van der Waals surface area contributed by atoms with Crippen LogP contribution in [0.4, 0.5) is 0 Å². The van der Waals surface area contributed by atoms with Gasteiger partial charge in [-0.1, -0.05) is 6.07 Å². The summed E-state index contributed by atoms with van der Waals surface area (Å²) < 4.78 is 32.5. The average molecular weight is 381 g/mol. The Morgan fingerprint density at radius 2 is 2.12 bits per heavy atom. The Kier molecular flexibility index (Phi) is 6.29. The van der Waals surface area contributed by atoms with Crippen molar-refractivity contribution in [3.05, 3.63) is 29.8 Å². The van der Waals surface area contributed by atoms with Crippen LogP contribution < -0.4 is 10.6 Å². The number of rotatable bonds is 5. The monoisotopic (exact) mass is 381 g/mol. The molecule has 26 heavy (non-hydrogen) atoms. The number of hydrogen-bond acceptors (Lipinski definition) is 5. The third-order valence-corrected chi connectivity index (χ3v) is 6.82. The first-order valence-corrected chi connectivity index (χ1v) is 10.6. The van der Waals surface area contributed by atoms with Gasteiger partial charge in [-0.05, 0) is 43.9 Å². The van der Waals surface area contributed by atoms with Gasteiger partial charge in [-0.15, -0.1) is 0 Å². The van der Waals surface area contributed by atoms with E-state index >= 15 is 0 Å². The standard InChI is InChI=1S/C18H27N3O4S/c1-14-13-21(8-7-19-14)26(23,24)17-4-2-3-16(11-17)18(22)20-12-15-5-9-25-10-6-15/h2-4,11,14-15,19H,5-10,12-13H2,1H3,(H,20,22)/t14-/m1/s1. The van der Waals surface area contributed by atoms with Crippen molar-refractivity contribution in [1.82, 2.24) is 14.9 Å². The van der Waals surface area contributed by atoms with E-state index in [2.05, 4.69) is 10.6 Å². The molecule has 0 saturated carbocycles. The van der Waals surface area contributed by atoms with Gasteiger partial charge in [0.15, 0.2) is 0 Å². The topological polar surface area (TPSA) is 87.7 Å². The summed E-state index contributed by atoms with van der Waals surface area (Å²) in [6.45, 7) is 5.52. The highest BCUT2D eigenvalue weighted by molar-refractivity contribution is 7.89. The van der Waals surface area contributed by atoms with E-state index in [0.29, 0.717) is 37.7 Å². The van der Waals surface area contributed by atoms with Crippen LogP contribution >= 0.6 is 0 Å². The number of sulfonamides is 1. The number of piperazine rings is 1. The Bertz CT molecular complexity index is 732. The average Bonchev–Trinajstić information content (AvgIpc) is 2.67. The number of amides is 1. The molecule has 1 atom stereocenters. The first kappa shape index (κ1) is 19.3. The van der Waals surface area contributed by atoms with Crippen molar-refractivity contribution in [1.29, 1.82) is 0 Å². The molecule has 1 amide bonds. The molecule has 7 nitrogen and oxygen atoms in total. The van der Waals surface area contributed by atoms with Gasteiger partial charge in [0.2, 0.25) is 10.0 Å². The van der Waals surface area contributed by atoms with Gasteiger partial charge in [0, 0.05) is 51.0 Å². The second-order valence-corrected chi connectivity index (χ2v) is 8.95. The molecule has 3 rings (SSSR count). The summed E-state index contributed by atoms with van der Waals surface area (Å²) in [5.41, 5.74) is 0.376. The number of carbonyl (C=O) groups is 1. The van der Waals surface area contributed by atoms with Gasteiger partial charge < -0.3 is 15.4 Å². The maximum Gasteiger partial charge on any atom is 0.251 e. The molecule has 8 heteroatoms. The molecule has 0 bridgehead atoms. The van der Waals surface area contributed by atoms with E-state index in [9.17, 15) is 13.2 Å². The normalized spacial score (nSPS) is 22.9. The fraction of sp³-hybridized carbons (Fsp3) is 0.611. The van der Waals surface area contributed by atoms with Crippen molar-refractivity contribution >= 4 is 15.9 Å². The van der Waals surface area contributed by atoms with Gasteiger partial charge in [0.1, 0.15) is 0 Å². The summed E-state index contributed by atoms with van der Waals surface area (Å²) in [7, 11) is -3.59. The van der Waals surface area contributed by atoms with Crippen LogP contribution in [-0.2, 0) is 14.8 Å². The number of benzene rings is 1. The molecule has 2 saturated heterocycles. The van der Waals surface area contributed by atoms with E-state index in [1.54, 1.807) is 18.2 Å². The predicted octanol–water partition coefficient (Wildman–Crippen LogP) is 0.825. The first-order chi connectivity index (χ1) is 12.5. The van der Waals surface area contributed by atoms with Crippen LogP contribution in [-0.4, -0.2) is 64.1 Å². The van der Waals surface area contributed by atoms with Crippen LogP contribution in [0.15, 0.2) is 29.2 Å². The van der Waals surface area contributed by atoms with Gasteiger partial charge in [-0.25, -0.2) is 8.42 Å². The Morgan fingerprint density at radius 1 is 1.35 bits per heavy atom. The highest BCUT2D eigenvalue weighted by Gasteiger charge is 2.29. The van der Waals surface area contributed by atoms with E-state index in [-0.39, 0.29) is 16.8 Å². The molecule has 144 valence electrons. The SMILES string of the molecule is C[C@@H]1CN(S(=O)(=O)c2cccc(C(=O)NCC3CCOCC3)c2)CCN1. The summed E-state index contributed by atoms with van der Waals surface area (Å²) in [4.78, 5) is 12.6. The Balaban J connectivity index is 1.67. The van der Waals surface area contributed by atoms with Gasteiger partial charge in [0.25, 0.3) is 5.91 Å². The first-order valence-electron chi connectivity index (χ1n) is 9.16. The Morgan fingerprint density at radius 3 is 2.85 bits per heavy atom. The molecule has 0 spiro atoms. The van der Waals surface area contributed by atoms with E-state index in [1.165, 1.54) is 10.4 Å². The Hall–Kier alpha value is -1.48. The molecule has 0 unspecified atom stereocenters. The van der Waals surface area contributed by atoms with Crippen molar-refractivity contribution in [2.45, 2.75) is 30.7 Å². The lowest BCUT2D eigenvalue weighted by atomic mass is 10.0. The molecule has 0 aromatic heterocycles. The van der Waals surface area contributed by atoms with Crippen molar-refractivity contribution < 1.29 is 17.9 Å². The summed E-state index contributed by atoms with van der Waals surface area (Å²) >= 11 is 0. The van der Waals surface area contributed by atoms with E-state index in [0.717, 1.165) is 26.1 Å². The minimum absolute atomic E-state index is 0.115. The van der Waals surface area contributed by atoms with Gasteiger partial charge >= 0.3 is 0 Å². The maximum atomic E-state index is 12.9. The zero-order valence-corrected chi connectivity index (χ0v) is 15.9. The lowest BCUT2D eigenvalue weighted by molar-refractivity contribution is 0.0642. The lowest BCUT2D eigenvalue weighted by Gasteiger charge is -2.31. The van der Waals surface area contributed by atoms with Crippen molar-refractivity contribution in [3.8, 4) is 0 Å². The third kappa shape index (κ3) is 4.62. The zero-order valence-electron chi connectivity index (χ0n) is 15.1. The van der Waals surface area contributed by atoms with Crippen LogP contribution in [0.3, 0.4) is 0 Å². The quantitative estimate of drug-likeness (QED) is 0.789. The molecule has 0 aliphatic carbocycles. The van der Waals surface area contributed by atoms with Crippen LogP contribution in [0.1, 0.15) is 30.1 Å². The number of hydrogen-bond donors (Lipinski definition) is 2. The highest BCUT2D eigenvalue weighted by Crippen LogP contribution is 2.19. The number of nitrogens with zero attached hydrogens (tertiary/aromatic N) is 1. The second kappa shape index (κ2) is 8.47. The van der Waals surface area contributed by atoms with Crippen molar-refractivity contribution in [3.63, 3.8) is 0 Å². The summed E-state index contributed by atoms with van der Waals surface area (Å²) in [5, 5.41) is 6.15. The molecule has 2 N–H and O–H groups in total. The molecule has 0 radical (unpaired) electrons. The molecule has 1 aromatic rings. The van der Waals surface area contributed by atoms with Crippen LogP contribution in [0.2, 0.25) is 0 Å². The number of nitrogens with one attached hydrogen (secondary N) is 2. The third-order valence-electron chi connectivity index (χ3n) is 4.96. The fourth-order valence-electron chi connectivity index (χ4n) is 3.35. The lowest BCUT2D eigenvalue weighted by Crippen LogP contribution is -2.51. The summed E-state index contributed by atoms with van der Waals surface area (Å²) in [6.07, 6.45) is 1.88. The zero-order chi connectivity index (χ0) is 18.6. The van der Waals surface area contributed by atoms with Gasteiger partial charge in [-0.2, -0.15) is 4.31 Å². The Labute approximate surface area is 155 Å². The minimum atomic E-state index is -3.59. The van der Waals surface area contributed by atoms with Gasteiger partial charge in [0.05, 0.1) is 4.90 Å². The van der Waals surface area contributed by atoms with E-state index < -0.39 is 10.0 Å². The van der Waals surface area contributed by atoms with Crippen LogP contribution in [0, 0.1) is 5.92 Å². The van der Waals surface area contributed by atoms with E-state index in [1.807, 2.05) is 6.92 Å². The largest absolute Gasteiger partial charge is 0.381 e. The fourth-order valence-corrected chi connectivity index (χ4v) is 4.93. The molecule has 2 aliphatic heterocycles. The van der Waals surface area contributed by atoms with E-state index in [4.69, 9.17) is 4.74 Å².